The van der Waals surface area contributed by atoms with Crippen LogP contribution in [-0.4, -0.2) is 28.1 Å². The summed E-state index contributed by atoms with van der Waals surface area (Å²) in [5.74, 6) is 0.348. The summed E-state index contributed by atoms with van der Waals surface area (Å²) in [5.41, 5.74) is 0.966. The van der Waals surface area contributed by atoms with Crippen molar-refractivity contribution in [3.63, 3.8) is 0 Å². The molecule has 3 aromatic carbocycles. The van der Waals surface area contributed by atoms with Crippen LogP contribution in [0.5, 0.6) is 11.5 Å². The Labute approximate surface area is 212 Å². The standard InChI is InChI=1S/C27H26ClF2N3O3/c1-17(2)33-16-31-24-15-20(26(34)32-21-8-12-23(13-9-21)36-27(28,29)30)14-19(25(24)33)7-4-18-5-10-22(35-3)11-6-18/h5-6,8-17H,4,7H2,1-3H3,(H,32,34). The first kappa shape index (κ1) is 25.4. The second-order valence-electron chi connectivity index (χ2n) is 8.62. The number of hydrogen-bond acceptors (Lipinski definition) is 4. The Hall–Kier alpha value is -3.65. The highest BCUT2D eigenvalue weighted by atomic mass is 35.5. The number of ether oxygens (including phenoxy) is 2. The van der Waals surface area contributed by atoms with Crippen molar-refractivity contribution in [2.75, 3.05) is 12.4 Å². The maximum absolute atomic E-state index is 13.1. The number of amides is 1. The van der Waals surface area contributed by atoms with E-state index in [4.69, 9.17) is 16.3 Å². The van der Waals surface area contributed by atoms with Crippen molar-refractivity contribution in [3.05, 3.63) is 83.7 Å². The van der Waals surface area contributed by atoms with E-state index in [1.165, 1.54) is 24.3 Å². The average molecular weight is 514 g/mol. The molecule has 0 saturated heterocycles. The predicted molar refractivity (Wildman–Crippen MR) is 136 cm³/mol. The maximum atomic E-state index is 13.1. The lowest BCUT2D eigenvalue weighted by Gasteiger charge is -2.14. The van der Waals surface area contributed by atoms with Crippen LogP contribution in [0.2, 0.25) is 0 Å². The van der Waals surface area contributed by atoms with Gasteiger partial charge in [-0.25, -0.2) is 4.98 Å². The zero-order valence-electron chi connectivity index (χ0n) is 20.1. The van der Waals surface area contributed by atoms with Gasteiger partial charge in [0.15, 0.2) is 0 Å². The van der Waals surface area contributed by atoms with Gasteiger partial charge in [-0.05, 0) is 86.3 Å². The van der Waals surface area contributed by atoms with E-state index in [1.54, 1.807) is 19.5 Å². The van der Waals surface area contributed by atoms with E-state index in [0.717, 1.165) is 34.3 Å². The van der Waals surface area contributed by atoms with Crippen LogP contribution in [0, 0.1) is 0 Å². The molecule has 1 N–H and O–H groups in total. The fourth-order valence-electron chi connectivity index (χ4n) is 3.98. The Morgan fingerprint density at radius 1 is 1.06 bits per heavy atom. The van der Waals surface area contributed by atoms with Crippen LogP contribution >= 0.6 is 11.6 Å². The van der Waals surface area contributed by atoms with E-state index in [2.05, 4.69) is 33.5 Å². The zero-order chi connectivity index (χ0) is 25.9. The Kier molecular flexibility index (Phi) is 7.45. The van der Waals surface area contributed by atoms with E-state index < -0.39 is 5.57 Å². The van der Waals surface area contributed by atoms with Crippen LogP contribution < -0.4 is 14.8 Å². The van der Waals surface area contributed by atoms with Gasteiger partial charge in [0.1, 0.15) is 11.5 Å². The van der Waals surface area contributed by atoms with Gasteiger partial charge in [-0.1, -0.05) is 12.1 Å². The van der Waals surface area contributed by atoms with Crippen LogP contribution in [0.4, 0.5) is 14.5 Å². The van der Waals surface area contributed by atoms with Gasteiger partial charge in [0.2, 0.25) is 0 Å². The molecule has 0 bridgehead atoms. The molecule has 6 nitrogen and oxygen atoms in total. The first-order valence-corrected chi connectivity index (χ1v) is 11.8. The van der Waals surface area contributed by atoms with Crippen molar-refractivity contribution in [1.82, 2.24) is 9.55 Å². The molecule has 0 radical (unpaired) electrons. The number of benzene rings is 3. The summed E-state index contributed by atoms with van der Waals surface area (Å²) < 4.78 is 37.3. The molecule has 1 amide bonds. The van der Waals surface area contributed by atoms with Crippen LogP contribution in [0.3, 0.4) is 0 Å². The molecule has 188 valence electrons. The van der Waals surface area contributed by atoms with Gasteiger partial charge in [0, 0.05) is 28.9 Å². The van der Waals surface area contributed by atoms with Gasteiger partial charge in [-0.3, -0.25) is 4.79 Å². The summed E-state index contributed by atoms with van der Waals surface area (Å²) in [6.45, 7) is 4.17. The molecule has 0 fully saturated rings. The summed E-state index contributed by atoms with van der Waals surface area (Å²) in [4.78, 5) is 17.6. The molecule has 0 aliphatic rings. The molecule has 36 heavy (non-hydrogen) atoms. The molecule has 1 heterocycles. The molecular weight excluding hydrogens is 488 g/mol. The van der Waals surface area contributed by atoms with Gasteiger partial charge in [0.05, 0.1) is 24.5 Å². The summed E-state index contributed by atoms with van der Waals surface area (Å²) >= 11 is 4.80. The minimum absolute atomic E-state index is 0.116. The maximum Gasteiger partial charge on any atom is 0.487 e. The highest BCUT2D eigenvalue weighted by molar-refractivity contribution is 6.20. The van der Waals surface area contributed by atoms with Crippen molar-refractivity contribution < 1.29 is 23.0 Å². The molecule has 0 aliphatic heterocycles. The Balaban J connectivity index is 1.58. The number of carbonyl (C=O) groups is 1. The minimum Gasteiger partial charge on any atom is -0.497 e. The number of carbonyl (C=O) groups excluding carboxylic acids is 1. The fourth-order valence-corrected chi connectivity index (χ4v) is 4.07. The van der Waals surface area contributed by atoms with Crippen LogP contribution in [-0.2, 0) is 12.8 Å². The average Bonchev–Trinajstić information content (AvgIpc) is 3.28. The number of aromatic nitrogens is 2. The molecular formula is C27H26ClF2N3O3. The van der Waals surface area contributed by atoms with E-state index in [9.17, 15) is 13.6 Å². The monoisotopic (exact) mass is 513 g/mol. The number of hydrogen-bond donors (Lipinski definition) is 1. The van der Waals surface area contributed by atoms with Gasteiger partial charge >= 0.3 is 5.57 Å². The third-order valence-corrected chi connectivity index (χ3v) is 5.83. The second kappa shape index (κ2) is 10.5. The predicted octanol–water partition coefficient (Wildman–Crippen LogP) is 6.83. The largest absolute Gasteiger partial charge is 0.497 e. The summed E-state index contributed by atoms with van der Waals surface area (Å²) in [6, 6.07) is 17.3. The minimum atomic E-state index is -3.80. The SMILES string of the molecule is COc1ccc(CCc2cc(C(=O)Nc3ccc(OC(F)(F)Cl)cc3)cc3ncn(C(C)C)c23)cc1. The lowest BCUT2D eigenvalue weighted by molar-refractivity contribution is -0.0964. The molecule has 4 aromatic rings. The normalized spacial score (nSPS) is 11.6. The molecule has 0 spiro atoms. The molecule has 1 aromatic heterocycles. The second-order valence-corrected chi connectivity index (χ2v) is 9.06. The van der Waals surface area contributed by atoms with Crippen molar-refractivity contribution in [1.29, 1.82) is 0 Å². The van der Waals surface area contributed by atoms with E-state index in [1.807, 2.05) is 30.3 Å². The lowest BCUT2D eigenvalue weighted by Crippen LogP contribution is -2.16. The first-order valence-electron chi connectivity index (χ1n) is 11.4. The fraction of sp³-hybridized carbons (Fsp3) is 0.259. The number of anilines is 1. The van der Waals surface area contributed by atoms with E-state index in [0.29, 0.717) is 17.7 Å². The summed E-state index contributed by atoms with van der Waals surface area (Å²) in [7, 11) is 1.63. The van der Waals surface area contributed by atoms with Gasteiger partial charge in [0.25, 0.3) is 5.91 Å². The number of imidazole rings is 1. The number of aryl methyl sites for hydroxylation is 2. The number of methoxy groups -OCH3 is 1. The van der Waals surface area contributed by atoms with E-state index in [-0.39, 0.29) is 17.7 Å². The van der Waals surface area contributed by atoms with Gasteiger partial charge in [-0.15, -0.1) is 8.78 Å². The summed E-state index contributed by atoms with van der Waals surface area (Å²) in [6.07, 6.45) is 3.28. The number of rotatable bonds is 9. The lowest BCUT2D eigenvalue weighted by atomic mass is 10.00. The smallest absolute Gasteiger partial charge is 0.487 e. The zero-order valence-corrected chi connectivity index (χ0v) is 20.9. The molecule has 4 rings (SSSR count). The first-order chi connectivity index (χ1) is 17.1. The number of alkyl halides is 3. The number of nitrogens with one attached hydrogen (secondary N) is 1. The number of fused-ring (bicyclic) bond motifs is 1. The molecule has 0 atom stereocenters. The Morgan fingerprint density at radius 2 is 1.72 bits per heavy atom. The van der Waals surface area contributed by atoms with Crippen molar-refractivity contribution >= 4 is 34.2 Å². The number of halogens is 3. The van der Waals surface area contributed by atoms with Gasteiger partial charge in [-0.2, -0.15) is 0 Å². The molecule has 9 heteroatoms. The summed E-state index contributed by atoms with van der Waals surface area (Å²) in [5, 5.41) is 2.79. The highest BCUT2D eigenvalue weighted by Gasteiger charge is 2.27. The van der Waals surface area contributed by atoms with E-state index >= 15 is 0 Å². The molecule has 0 saturated carbocycles. The third kappa shape index (κ3) is 6.12. The van der Waals surface area contributed by atoms with Crippen LogP contribution in [0.1, 0.15) is 41.4 Å². The molecule has 0 aliphatic carbocycles. The highest BCUT2D eigenvalue weighted by Crippen LogP contribution is 2.28. The van der Waals surface area contributed by atoms with Crippen molar-refractivity contribution in [2.45, 2.75) is 38.3 Å². The Morgan fingerprint density at radius 3 is 2.33 bits per heavy atom. The quantitative estimate of drug-likeness (QED) is 0.249. The number of nitrogens with zero attached hydrogens (tertiary/aromatic N) is 2. The third-order valence-electron chi connectivity index (χ3n) is 5.75. The van der Waals surface area contributed by atoms with Crippen molar-refractivity contribution in [2.24, 2.45) is 0 Å². The van der Waals surface area contributed by atoms with Crippen molar-refractivity contribution in [3.8, 4) is 11.5 Å². The Bertz CT molecular complexity index is 1350. The topological polar surface area (TPSA) is 65.4 Å². The molecule has 0 unspecified atom stereocenters. The van der Waals surface area contributed by atoms with Crippen LogP contribution in [0.15, 0.2) is 67.0 Å². The van der Waals surface area contributed by atoms with Gasteiger partial charge < -0.3 is 19.4 Å². The van der Waals surface area contributed by atoms with Crippen LogP contribution in [0.25, 0.3) is 11.0 Å².